The van der Waals surface area contributed by atoms with Crippen molar-refractivity contribution in [3.63, 3.8) is 0 Å². The average molecular weight is 290 g/mol. The highest BCUT2D eigenvalue weighted by molar-refractivity contribution is 5.75. The van der Waals surface area contributed by atoms with Crippen LogP contribution < -0.4 is 0 Å². The van der Waals surface area contributed by atoms with E-state index in [0.717, 1.165) is 11.1 Å². The Bertz CT molecular complexity index is 769. The summed E-state index contributed by atoms with van der Waals surface area (Å²) in [6, 6.07) is 16.0. The minimum absolute atomic E-state index is 0.316. The lowest BCUT2D eigenvalue weighted by Gasteiger charge is -2.20. The van der Waals surface area contributed by atoms with Crippen LogP contribution in [0.4, 0.5) is 0 Å². The summed E-state index contributed by atoms with van der Waals surface area (Å²) in [7, 11) is 0. The van der Waals surface area contributed by atoms with Crippen LogP contribution in [0.25, 0.3) is 11.1 Å². The van der Waals surface area contributed by atoms with Crippen LogP contribution in [0, 0.1) is 0 Å². The second-order valence-corrected chi connectivity index (χ2v) is 6.15. The first-order chi connectivity index (χ1) is 10.5. The lowest BCUT2D eigenvalue weighted by Crippen LogP contribution is -2.02. The minimum atomic E-state index is 0.316. The third-order valence-corrected chi connectivity index (χ3v) is 5.08. The van der Waals surface area contributed by atoms with Gasteiger partial charge in [-0.1, -0.05) is 53.6 Å². The van der Waals surface area contributed by atoms with Crippen LogP contribution in [0.3, 0.4) is 0 Å². The molecule has 1 aliphatic carbocycles. The maximum Gasteiger partial charge on any atom is 0.123 e. The van der Waals surface area contributed by atoms with Crippen LogP contribution in [0.1, 0.15) is 39.2 Å². The first-order valence-electron chi connectivity index (χ1n) is 7.74. The summed E-state index contributed by atoms with van der Waals surface area (Å²) in [5.74, 6) is 0.653. The number of hydrogen-bond acceptors (Lipinski definition) is 1. The Morgan fingerprint density at radius 1 is 0.682 bits per heavy atom. The summed E-state index contributed by atoms with van der Waals surface area (Å²) in [6.07, 6.45) is 0. The molecule has 1 heteroatoms. The van der Waals surface area contributed by atoms with Gasteiger partial charge in [-0.15, -0.1) is 0 Å². The zero-order valence-electron chi connectivity index (χ0n) is 13.6. The molecule has 2 aromatic rings. The zero-order valence-corrected chi connectivity index (χ0v) is 13.6. The molecule has 22 heavy (non-hydrogen) atoms. The SMILES string of the molecule is CC1=C(C)C(c2ccccc2-c2ccccc2O)C(C)=C1C. The number of hydrogen-bond donors (Lipinski definition) is 1. The van der Waals surface area contributed by atoms with Gasteiger partial charge >= 0.3 is 0 Å². The molecule has 0 heterocycles. The molecule has 0 amide bonds. The molecule has 0 saturated heterocycles. The summed E-state index contributed by atoms with van der Waals surface area (Å²) in [4.78, 5) is 0. The van der Waals surface area contributed by atoms with Crippen LogP contribution in [0.15, 0.2) is 70.8 Å². The summed E-state index contributed by atoms with van der Waals surface area (Å²) in [5.41, 5.74) is 8.92. The van der Waals surface area contributed by atoms with E-state index in [-0.39, 0.29) is 0 Å². The predicted octanol–water partition coefficient (Wildman–Crippen LogP) is 5.83. The summed E-state index contributed by atoms with van der Waals surface area (Å²) < 4.78 is 0. The molecule has 1 aliphatic rings. The van der Waals surface area contributed by atoms with Gasteiger partial charge in [0, 0.05) is 11.5 Å². The Balaban J connectivity index is 2.21. The number of para-hydroxylation sites is 1. The fourth-order valence-corrected chi connectivity index (χ4v) is 3.51. The third-order valence-electron chi connectivity index (χ3n) is 5.08. The molecular weight excluding hydrogens is 268 g/mol. The topological polar surface area (TPSA) is 20.2 Å². The minimum Gasteiger partial charge on any atom is -0.507 e. The van der Waals surface area contributed by atoms with Crippen LogP contribution in [0.2, 0.25) is 0 Å². The van der Waals surface area contributed by atoms with Gasteiger partial charge in [0.2, 0.25) is 0 Å². The van der Waals surface area contributed by atoms with Crippen molar-refractivity contribution in [3.8, 4) is 16.9 Å². The first kappa shape index (κ1) is 14.6. The molecule has 3 rings (SSSR count). The molecule has 0 radical (unpaired) electrons. The lowest BCUT2D eigenvalue weighted by atomic mass is 9.84. The van der Waals surface area contributed by atoms with Crippen LogP contribution in [-0.2, 0) is 0 Å². The van der Waals surface area contributed by atoms with Gasteiger partial charge in [0.1, 0.15) is 5.75 Å². The number of aromatic hydroxyl groups is 1. The van der Waals surface area contributed by atoms with E-state index < -0.39 is 0 Å². The van der Waals surface area contributed by atoms with Crippen LogP contribution in [-0.4, -0.2) is 5.11 Å². The number of benzene rings is 2. The van der Waals surface area contributed by atoms with E-state index in [2.05, 4.69) is 45.9 Å². The number of rotatable bonds is 2. The Labute approximate surface area is 132 Å². The van der Waals surface area contributed by atoms with E-state index in [1.165, 1.54) is 27.9 Å². The van der Waals surface area contributed by atoms with E-state index in [9.17, 15) is 5.11 Å². The highest BCUT2D eigenvalue weighted by Gasteiger charge is 2.27. The van der Waals surface area contributed by atoms with Crippen molar-refractivity contribution in [1.29, 1.82) is 0 Å². The van der Waals surface area contributed by atoms with Gasteiger partial charge in [-0.05, 0) is 56.0 Å². The molecule has 0 spiro atoms. The van der Waals surface area contributed by atoms with Crippen molar-refractivity contribution in [2.75, 3.05) is 0 Å². The maximum atomic E-state index is 10.2. The lowest BCUT2D eigenvalue weighted by molar-refractivity contribution is 0.477. The number of phenols is 1. The molecule has 0 atom stereocenters. The Hall–Kier alpha value is -2.28. The molecule has 0 saturated carbocycles. The quantitative estimate of drug-likeness (QED) is 0.737. The van der Waals surface area contributed by atoms with Crippen molar-refractivity contribution in [2.24, 2.45) is 0 Å². The van der Waals surface area contributed by atoms with E-state index in [1.807, 2.05) is 24.3 Å². The van der Waals surface area contributed by atoms with Gasteiger partial charge in [-0.2, -0.15) is 0 Å². The monoisotopic (exact) mass is 290 g/mol. The van der Waals surface area contributed by atoms with Crippen LogP contribution >= 0.6 is 0 Å². The van der Waals surface area contributed by atoms with Gasteiger partial charge in [-0.25, -0.2) is 0 Å². The summed E-state index contributed by atoms with van der Waals surface area (Å²) >= 11 is 0. The van der Waals surface area contributed by atoms with Crippen molar-refractivity contribution in [2.45, 2.75) is 33.6 Å². The van der Waals surface area contributed by atoms with E-state index in [4.69, 9.17) is 0 Å². The second-order valence-electron chi connectivity index (χ2n) is 6.15. The fourth-order valence-electron chi connectivity index (χ4n) is 3.51. The van der Waals surface area contributed by atoms with Crippen molar-refractivity contribution in [3.05, 3.63) is 76.4 Å². The molecule has 0 bridgehead atoms. The average Bonchev–Trinajstić information content (AvgIpc) is 2.72. The highest BCUT2D eigenvalue weighted by atomic mass is 16.3. The van der Waals surface area contributed by atoms with Gasteiger partial charge < -0.3 is 5.11 Å². The summed E-state index contributed by atoms with van der Waals surface area (Å²) in [5, 5.41) is 10.2. The summed E-state index contributed by atoms with van der Waals surface area (Å²) in [6.45, 7) is 8.86. The van der Waals surface area contributed by atoms with E-state index >= 15 is 0 Å². The van der Waals surface area contributed by atoms with Gasteiger partial charge in [-0.3, -0.25) is 0 Å². The molecular formula is C21H22O. The van der Waals surface area contributed by atoms with Gasteiger partial charge in [0.25, 0.3) is 0 Å². The Morgan fingerprint density at radius 2 is 1.18 bits per heavy atom. The number of phenolic OH excluding ortho intramolecular Hbond substituents is 1. The molecule has 1 nitrogen and oxygen atoms in total. The molecule has 0 aromatic heterocycles. The van der Waals surface area contributed by atoms with Crippen molar-refractivity contribution < 1.29 is 5.11 Å². The largest absolute Gasteiger partial charge is 0.507 e. The molecule has 2 aromatic carbocycles. The standard InChI is InChI=1S/C21H22O/c1-13-14(2)16(4)21(15(13)3)19-11-6-5-9-17(19)18-10-7-8-12-20(18)22/h5-12,21-22H,1-4H3. The van der Waals surface area contributed by atoms with E-state index in [1.54, 1.807) is 6.07 Å². The van der Waals surface area contributed by atoms with Gasteiger partial charge in [0.15, 0.2) is 0 Å². The van der Waals surface area contributed by atoms with E-state index in [0.29, 0.717) is 11.7 Å². The second kappa shape index (κ2) is 5.49. The van der Waals surface area contributed by atoms with Crippen molar-refractivity contribution in [1.82, 2.24) is 0 Å². The van der Waals surface area contributed by atoms with Crippen molar-refractivity contribution >= 4 is 0 Å². The molecule has 1 N–H and O–H groups in total. The van der Waals surface area contributed by atoms with Gasteiger partial charge in [0.05, 0.1) is 0 Å². The Morgan fingerprint density at radius 3 is 1.77 bits per heavy atom. The molecule has 112 valence electrons. The zero-order chi connectivity index (χ0) is 15.9. The fraction of sp³-hybridized carbons (Fsp3) is 0.238. The third kappa shape index (κ3) is 2.18. The first-order valence-corrected chi connectivity index (χ1v) is 7.74. The Kier molecular flexibility index (Phi) is 3.66. The highest BCUT2D eigenvalue weighted by Crippen LogP contribution is 2.46. The normalized spacial score (nSPS) is 15.8. The maximum absolute atomic E-state index is 10.2. The van der Waals surface area contributed by atoms with Crippen LogP contribution in [0.5, 0.6) is 5.75 Å². The molecule has 0 aliphatic heterocycles. The molecule has 0 unspecified atom stereocenters. The predicted molar refractivity (Wildman–Crippen MR) is 93.0 cm³/mol. The number of allylic oxidation sites excluding steroid dienone is 4. The molecule has 0 fully saturated rings. The smallest absolute Gasteiger partial charge is 0.123 e.